The average Bonchev–Trinajstić information content (AvgIpc) is 2.44. The van der Waals surface area contributed by atoms with Crippen LogP contribution >= 0.6 is 0 Å². The third-order valence-corrected chi connectivity index (χ3v) is 3.55. The van der Waals surface area contributed by atoms with E-state index in [1.807, 2.05) is 6.92 Å². The normalized spacial score (nSPS) is 19.4. The molecule has 1 N–H and O–H groups in total. The van der Waals surface area contributed by atoms with E-state index in [1.54, 1.807) is 11.9 Å². The van der Waals surface area contributed by atoms with Crippen LogP contribution in [0.25, 0.3) is 0 Å². The molecule has 0 radical (unpaired) electrons. The van der Waals surface area contributed by atoms with Gasteiger partial charge in [-0.3, -0.25) is 9.59 Å². The van der Waals surface area contributed by atoms with Crippen LogP contribution in [0.2, 0.25) is 0 Å². The quantitative estimate of drug-likeness (QED) is 0.886. The summed E-state index contributed by atoms with van der Waals surface area (Å²) in [6, 6.07) is 2.94. The van der Waals surface area contributed by atoms with E-state index in [0.717, 1.165) is 12.1 Å². The van der Waals surface area contributed by atoms with Crippen molar-refractivity contribution in [3.63, 3.8) is 0 Å². The Bertz CT molecular complexity index is 547. The van der Waals surface area contributed by atoms with Gasteiger partial charge in [0.15, 0.2) is 11.6 Å². The highest BCUT2D eigenvalue weighted by molar-refractivity contribution is 5.98. The second-order valence-corrected chi connectivity index (χ2v) is 4.85. The summed E-state index contributed by atoms with van der Waals surface area (Å²) in [4.78, 5) is 27.5. The first kappa shape index (κ1) is 14.3. The maximum Gasteiger partial charge on any atom is 0.254 e. The van der Waals surface area contributed by atoms with Crippen LogP contribution in [0, 0.1) is 5.82 Å². The van der Waals surface area contributed by atoms with Crippen LogP contribution < -0.4 is 0 Å². The number of benzene rings is 1. The third kappa shape index (κ3) is 2.45. The molecule has 1 aromatic rings. The maximum absolute atomic E-state index is 13.0. The van der Waals surface area contributed by atoms with E-state index < -0.39 is 17.6 Å². The molecular formula is C14H17FN2O3. The lowest BCUT2D eigenvalue weighted by Crippen LogP contribution is -2.57. The molecule has 1 aliphatic rings. The Labute approximate surface area is 116 Å². The molecule has 2 amide bonds. The van der Waals surface area contributed by atoms with Crippen molar-refractivity contribution < 1.29 is 19.1 Å². The van der Waals surface area contributed by atoms with Gasteiger partial charge >= 0.3 is 0 Å². The lowest BCUT2D eigenvalue weighted by molar-refractivity contribution is -0.138. The van der Waals surface area contributed by atoms with E-state index in [9.17, 15) is 19.1 Å². The van der Waals surface area contributed by atoms with Crippen molar-refractivity contribution >= 4 is 11.8 Å². The highest BCUT2D eigenvalue weighted by Crippen LogP contribution is 2.21. The van der Waals surface area contributed by atoms with Crippen molar-refractivity contribution in [1.82, 2.24) is 9.80 Å². The predicted molar refractivity (Wildman–Crippen MR) is 70.8 cm³/mol. The van der Waals surface area contributed by atoms with Crippen molar-refractivity contribution in [2.24, 2.45) is 0 Å². The molecule has 0 unspecified atom stereocenters. The van der Waals surface area contributed by atoms with Crippen molar-refractivity contribution in [3.8, 4) is 5.75 Å². The van der Waals surface area contributed by atoms with Crippen LogP contribution in [0.5, 0.6) is 5.75 Å². The van der Waals surface area contributed by atoms with E-state index >= 15 is 0 Å². The Kier molecular flexibility index (Phi) is 3.92. The van der Waals surface area contributed by atoms with Gasteiger partial charge < -0.3 is 14.9 Å². The van der Waals surface area contributed by atoms with Crippen molar-refractivity contribution in [3.05, 3.63) is 29.6 Å². The monoisotopic (exact) mass is 280 g/mol. The summed E-state index contributed by atoms with van der Waals surface area (Å²) in [6.07, 6.45) is 0.516. The number of carbonyl (C=O) groups excluding carboxylic acids is 2. The number of hydrogen-bond acceptors (Lipinski definition) is 3. The largest absolute Gasteiger partial charge is 0.505 e. The molecule has 0 saturated carbocycles. The average molecular weight is 280 g/mol. The zero-order valence-electron chi connectivity index (χ0n) is 11.5. The molecule has 1 atom stereocenters. The summed E-state index contributed by atoms with van der Waals surface area (Å²) in [5.74, 6) is -1.81. The SMILES string of the molecule is CC[C@H]1C(=O)N(C)CCN1C(=O)c1ccc(F)c(O)c1. The Morgan fingerprint density at radius 2 is 2.15 bits per heavy atom. The van der Waals surface area contributed by atoms with E-state index in [2.05, 4.69) is 0 Å². The van der Waals surface area contributed by atoms with Crippen LogP contribution in [-0.4, -0.2) is 52.9 Å². The number of halogens is 1. The maximum atomic E-state index is 13.0. The van der Waals surface area contributed by atoms with Crippen LogP contribution in [0.1, 0.15) is 23.7 Å². The summed E-state index contributed by atoms with van der Waals surface area (Å²) in [5.41, 5.74) is 0.180. The van der Waals surface area contributed by atoms with Gasteiger partial charge in [-0.15, -0.1) is 0 Å². The summed E-state index contributed by atoms with van der Waals surface area (Å²) >= 11 is 0. The Hall–Kier alpha value is -2.11. The number of likely N-dealkylation sites (N-methyl/N-ethyl adjacent to an activating group) is 1. The number of phenolic OH excluding ortho intramolecular Hbond substituents is 1. The number of phenols is 1. The van der Waals surface area contributed by atoms with E-state index in [-0.39, 0.29) is 17.4 Å². The predicted octanol–water partition coefficient (Wildman–Crippen LogP) is 1.22. The van der Waals surface area contributed by atoms with Crippen molar-refractivity contribution in [2.45, 2.75) is 19.4 Å². The molecule has 20 heavy (non-hydrogen) atoms. The molecule has 2 rings (SSSR count). The molecule has 0 aliphatic carbocycles. The fourth-order valence-electron chi connectivity index (χ4n) is 2.36. The molecule has 1 fully saturated rings. The molecule has 1 aliphatic heterocycles. The molecule has 1 heterocycles. The van der Waals surface area contributed by atoms with Gasteiger partial charge in [0.25, 0.3) is 5.91 Å². The zero-order chi connectivity index (χ0) is 14.9. The van der Waals surface area contributed by atoms with Crippen LogP contribution in [0.4, 0.5) is 4.39 Å². The van der Waals surface area contributed by atoms with Crippen molar-refractivity contribution in [2.75, 3.05) is 20.1 Å². The number of hydrogen-bond donors (Lipinski definition) is 1. The van der Waals surface area contributed by atoms with Gasteiger partial charge in [-0.05, 0) is 24.6 Å². The smallest absolute Gasteiger partial charge is 0.254 e. The molecular weight excluding hydrogens is 263 g/mol. The zero-order valence-corrected chi connectivity index (χ0v) is 11.5. The van der Waals surface area contributed by atoms with E-state index in [1.165, 1.54) is 11.0 Å². The first-order valence-corrected chi connectivity index (χ1v) is 6.50. The van der Waals surface area contributed by atoms with Gasteiger partial charge in [0, 0.05) is 25.7 Å². The molecule has 0 aromatic heterocycles. The van der Waals surface area contributed by atoms with Crippen LogP contribution in [0.3, 0.4) is 0 Å². The number of amides is 2. The second-order valence-electron chi connectivity index (χ2n) is 4.85. The third-order valence-electron chi connectivity index (χ3n) is 3.55. The standard InChI is InChI=1S/C14H17FN2O3/c1-3-11-14(20)16(2)6-7-17(11)13(19)9-4-5-10(15)12(18)8-9/h4-5,8,11,18H,3,6-7H2,1-2H3/t11-/m0/s1. The van der Waals surface area contributed by atoms with E-state index in [0.29, 0.717) is 19.5 Å². The fourth-order valence-corrected chi connectivity index (χ4v) is 2.36. The molecule has 1 aromatic carbocycles. The highest BCUT2D eigenvalue weighted by Gasteiger charge is 2.35. The Morgan fingerprint density at radius 1 is 1.45 bits per heavy atom. The lowest BCUT2D eigenvalue weighted by atomic mass is 10.1. The number of nitrogens with zero attached hydrogens (tertiary/aromatic N) is 2. The van der Waals surface area contributed by atoms with E-state index in [4.69, 9.17) is 0 Å². The number of aromatic hydroxyl groups is 1. The van der Waals surface area contributed by atoms with Gasteiger partial charge in [-0.25, -0.2) is 4.39 Å². The van der Waals surface area contributed by atoms with Gasteiger partial charge in [0.1, 0.15) is 6.04 Å². The summed E-state index contributed by atoms with van der Waals surface area (Å²) in [7, 11) is 1.70. The Morgan fingerprint density at radius 3 is 2.75 bits per heavy atom. The molecule has 0 spiro atoms. The van der Waals surface area contributed by atoms with Gasteiger partial charge in [-0.2, -0.15) is 0 Å². The number of piperazine rings is 1. The van der Waals surface area contributed by atoms with Crippen LogP contribution in [-0.2, 0) is 4.79 Å². The van der Waals surface area contributed by atoms with Crippen LogP contribution in [0.15, 0.2) is 18.2 Å². The summed E-state index contributed by atoms with van der Waals surface area (Å²) < 4.78 is 13.0. The molecule has 6 heteroatoms. The second kappa shape index (κ2) is 5.48. The fraction of sp³-hybridized carbons (Fsp3) is 0.429. The molecule has 5 nitrogen and oxygen atoms in total. The number of carbonyl (C=O) groups is 2. The van der Waals surface area contributed by atoms with Gasteiger partial charge in [0.05, 0.1) is 0 Å². The van der Waals surface area contributed by atoms with Gasteiger partial charge in [0.2, 0.25) is 5.91 Å². The first-order chi connectivity index (χ1) is 9.45. The topological polar surface area (TPSA) is 60.9 Å². The minimum absolute atomic E-state index is 0.0987. The Balaban J connectivity index is 2.27. The first-order valence-electron chi connectivity index (χ1n) is 6.50. The molecule has 108 valence electrons. The summed E-state index contributed by atoms with van der Waals surface area (Å²) in [5, 5.41) is 9.34. The number of rotatable bonds is 2. The minimum atomic E-state index is -0.775. The highest BCUT2D eigenvalue weighted by atomic mass is 19.1. The molecule has 0 bridgehead atoms. The summed E-state index contributed by atoms with van der Waals surface area (Å²) in [6.45, 7) is 2.73. The van der Waals surface area contributed by atoms with Crippen molar-refractivity contribution in [1.29, 1.82) is 0 Å². The minimum Gasteiger partial charge on any atom is -0.505 e. The molecule has 1 saturated heterocycles. The lowest BCUT2D eigenvalue weighted by Gasteiger charge is -2.38. The van der Waals surface area contributed by atoms with Gasteiger partial charge in [-0.1, -0.05) is 6.92 Å².